The Kier molecular flexibility index (Phi) is 36.6. The minimum absolute atomic E-state index is 0.0304. The van der Waals surface area contributed by atoms with Gasteiger partial charge in [-0.15, -0.1) is 0 Å². The second kappa shape index (κ2) is 37.8. The van der Waals surface area contributed by atoms with Gasteiger partial charge in [-0.05, 0) is 51.4 Å². The normalized spacial score (nSPS) is 13.9. The van der Waals surface area contributed by atoms with Crippen LogP contribution < -0.4 is 0 Å². The number of hydrogen-bond donors (Lipinski definition) is 1. The summed E-state index contributed by atoms with van der Waals surface area (Å²) < 4.78 is 34.2. The predicted octanol–water partition coefficient (Wildman–Crippen LogP) is 12.5. The van der Waals surface area contributed by atoms with E-state index in [0.717, 1.165) is 57.8 Å². The Hall–Kier alpha value is -1.77. The van der Waals surface area contributed by atoms with Crippen molar-refractivity contribution in [1.29, 1.82) is 0 Å². The number of quaternary nitrogens is 1. The van der Waals surface area contributed by atoms with Gasteiger partial charge in [0.15, 0.2) is 6.10 Å². The number of carbonyl (C=O) groups is 2. The van der Waals surface area contributed by atoms with Gasteiger partial charge in [0.05, 0.1) is 27.7 Å². The van der Waals surface area contributed by atoms with Gasteiger partial charge in [-0.2, -0.15) is 0 Å². The van der Waals surface area contributed by atoms with Crippen molar-refractivity contribution in [3.8, 4) is 0 Å². The van der Waals surface area contributed by atoms with Gasteiger partial charge >= 0.3 is 19.8 Å². The molecule has 0 rings (SSSR count). The van der Waals surface area contributed by atoms with Gasteiger partial charge in [0.1, 0.15) is 19.8 Å². The quantitative estimate of drug-likeness (QED) is 0.0215. The van der Waals surface area contributed by atoms with Crippen LogP contribution in [0.25, 0.3) is 0 Å². The lowest BCUT2D eigenvalue weighted by Crippen LogP contribution is -2.37. The average Bonchev–Trinajstić information content (AvgIpc) is 3.13. The largest absolute Gasteiger partial charge is 0.472 e. The molecule has 1 N–H and O–H groups in total. The monoisotopic (exact) mass is 799 g/mol. The van der Waals surface area contributed by atoms with Crippen molar-refractivity contribution in [3.63, 3.8) is 0 Å². The van der Waals surface area contributed by atoms with Crippen LogP contribution in [0.4, 0.5) is 0 Å². The molecule has 0 aliphatic carbocycles. The maximum atomic E-state index is 12.7. The summed E-state index contributed by atoms with van der Waals surface area (Å²) in [6.45, 7) is 4.37. The van der Waals surface area contributed by atoms with Crippen LogP contribution in [0.5, 0.6) is 0 Å². The first-order valence-corrected chi connectivity index (χ1v) is 23.7. The molecule has 10 heteroatoms. The number of likely N-dealkylation sites (N-methyl/N-ethyl adjacent to an activating group) is 1. The second-order valence-electron chi connectivity index (χ2n) is 16.1. The molecule has 9 nitrogen and oxygen atoms in total. The Morgan fingerprint density at radius 2 is 0.982 bits per heavy atom. The third-order valence-corrected chi connectivity index (χ3v) is 10.4. The molecule has 55 heavy (non-hydrogen) atoms. The first-order chi connectivity index (χ1) is 26.5. The van der Waals surface area contributed by atoms with Gasteiger partial charge in [0, 0.05) is 12.8 Å². The van der Waals surface area contributed by atoms with Crippen molar-refractivity contribution < 1.29 is 42.1 Å². The smallest absolute Gasteiger partial charge is 0.462 e. The maximum Gasteiger partial charge on any atom is 0.472 e. The molecule has 0 amide bonds. The molecule has 0 aliphatic heterocycles. The molecule has 0 radical (unpaired) electrons. The Bertz CT molecular complexity index is 1040. The summed E-state index contributed by atoms with van der Waals surface area (Å²) in [6, 6.07) is 0. The van der Waals surface area contributed by atoms with Crippen molar-refractivity contribution >= 4 is 19.8 Å². The van der Waals surface area contributed by atoms with Gasteiger partial charge in [0.2, 0.25) is 0 Å². The summed E-state index contributed by atoms with van der Waals surface area (Å²) in [6.07, 6.45) is 42.0. The van der Waals surface area contributed by atoms with E-state index in [0.29, 0.717) is 17.4 Å². The van der Waals surface area contributed by atoms with E-state index in [1.807, 2.05) is 21.1 Å². The zero-order valence-electron chi connectivity index (χ0n) is 36.2. The fourth-order valence-electron chi connectivity index (χ4n) is 5.90. The molecule has 0 aromatic rings. The lowest BCUT2D eigenvalue weighted by molar-refractivity contribution is -0.870. The van der Waals surface area contributed by atoms with Crippen LogP contribution in [0.15, 0.2) is 36.5 Å². The minimum Gasteiger partial charge on any atom is -0.462 e. The van der Waals surface area contributed by atoms with Gasteiger partial charge in [-0.1, -0.05) is 159 Å². The summed E-state index contributed by atoms with van der Waals surface area (Å²) in [4.78, 5) is 35.2. The molecule has 0 saturated carbocycles. The second-order valence-corrected chi connectivity index (χ2v) is 17.5. The van der Waals surface area contributed by atoms with E-state index in [9.17, 15) is 19.0 Å². The van der Waals surface area contributed by atoms with E-state index in [4.69, 9.17) is 18.5 Å². The van der Waals surface area contributed by atoms with Crippen molar-refractivity contribution in [2.24, 2.45) is 0 Å². The highest BCUT2D eigenvalue weighted by atomic mass is 31.2. The molecular formula is C45H85NO8P+. The number of carbonyl (C=O) groups excluding carboxylic acids is 2. The van der Waals surface area contributed by atoms with E-state index >= 15 is 0 Å². The Morgan fingerprint density at radius 3 is 1.45 bits per heavy atom. The third kappa shape index (κ3) is 41.7. The van der Waals surface area contributed by atoms with E-state index in [1.54, 1.807) is 0 Å². The SMILES string of the molecule is CCCCCCC/C=C\C/C=C\C/C=C\CCCCCCCCCCC(=O)OC(COC(=O)CCCCCCCCCC)COP(=O)(O)OCC[N+](C)(C)C. The zero-order valence-corrected chi connectivity index (χ0v) is 37.1. The number of phosphoric acid groups is 1. The number of esters is 2. The van der Waals surface area contributed by atoms with E-state index in [1.165, 1.54) is 96.3 Å². The third-order valence-electron chi connectivity index (χ3n) is 9.42. The van der Waals surface area contributed by atoms with Crippen molar-refractivity contribution in [2.75, 3.05) is 47.5 Å². The van der Waals surface area contributed by atoms with Crippen LogP contribution in [0.3, 0.4) is 0 Å². The first-order valence-electron chi connectivity index (χ1n) is 22.2. The number of allylic oxidation sites excluding steroid dienone is 6. The van der Waals surface area contributed by atoms with Gasteiger partial charge in [0.25, 0.3) is 0 Å². The van der Waals surface area contributed by atoms with Crippen LogP contribution in [0, 0.1) is 0 Å². The molecule has 0 fully saturated rings. The number of phosphoric ester groups is 1. The van der Waals surface area contributed by atoms with Crippen LogP contribution in [0.1, 0.15) is 187 Å². The molecule has 0 aromatic carbocycles. The predicted molar refractivity (Wildman–Crippen MR) is 229 cm³/mol. The number of hydrogen-bond acceptors (Lipinski definition) is 7. The summed E-state index contributed by atoms with van der Waals surface area (Å²) in [5.41, 5.74) is 0. The van der Waals surface area contributed by atoms with Gasteiger partial charge < -0.3 is 18.9 Å². The lowest BCUT2D eigenvalue weighted by atomic mass is 10.1. The van der Waals surface area contributed by atoms with Crippen LogP contribution in [-0.4, -0.2) is 74.9 Å². The highest BCUT2D eigenvalue weighted by molar-refractivity contribution is 7.47. The highest BCUT2D eigenvalue weighted by Gasteiger charge is 2.27. The van der Waals surface area contributed by atoms with Gasteiger partial charge in [-0.3, -0.25) is 18.6 Å². The van der Waals surface area contributed by atoms with Crippen LogP contribution in [0.2, 0.25) is 0 Å². The van der Waals surface area contributed by atoms with Crippen LogP contribution in [-0.2, 0) is 32.7 Å². The Morgan fingerprint density at radius 1 is 0.564 bits per heavy atom. The summed E-state index contributed by atoms with van der Waals surface area (Å²) in [5.74, 6) is -0.810. The molecule has 0 heterocycles. The maximum absolute atomic E-state index is 12.7. The average molecular weight is 799 g/mol. The molecular weight excluding hydrogens is 713 g/mol. The van der Waals surface area contributed by atoms with E-state index in [2.05, 4.69) is 50.3 Å². The van der Waals surface area contributed by atoms with Crippen molar-refractivity contribution in [3.05, 3.63) is 36.5 Å². The van der Waals surface area contributed by atoms with Crippen molar-refractivity contribution in [1.82, 2.24) is 0 Å². The van der Waals surface area contributed by atoms with E-state index < -0.39 is 26.5 Å². The molecule has 0 spiro atoms. The molecule has 2 atom stereocenters. The van der Waals surface area contributed by atoms with E-state index in [-0.39, 0.29) is 32.0 Å². The number of unbranched alkanes of at least 4 members (excludes halogenated alkanes) is 20. The number of nitrogens with zero attached hydrogens (tertiary/aromatic N) is 1. The molecule has 2 unspecified atom stereocenters. The molecule has 0 aliphatic rings. The molecule has 322 valence electrons. The fourth-order valence-corrected chi connectivity index (χ4v) is 6.64. The summed E-state index contributed by atoms with van der Waals surface area (Å²) in [5, 5.41) is 0. The minimum atomic E-state index is -4.37. The van der Waals surface area contributed by atoms with Crippen LogP contribution >= 0.6 is 7.82 Å². The lowest BCUT2D eigenvalue weighted by Gasteiger charge is -2.24. The number of ether oxygens (including phenoxy) is 2. The van der Waals surface area contributed by atoms with Gasteiger partial charge in [-0.25, -0.2) is 4.57 Å². The molecule has 0 bridgehead atoms. The standard InChI is InChI=1S/C45H84NO8P/c1-6-8-10-12-14-16-17-18-19-20-21-22-23-24-25-26-27-28-29-30-32-34-36-38-45(48)54-43(42-53-55(49,50)52-40-39-46(3,4)5)41-51-44(47)37-35-33-31-15-13-11-9-7-2/h17-18,20-21,23-24,43H,6-16,19,22,25-42H2,1-5H3/p+1/b18-17-,21-20-,24-23-. The zero-order chi connectivity index (χ0) is 40.7. The van der Waals surface area contributed by atoms with Crippen molar-refractivity contribution in [2.45, 2.75) is 193 Å². The Labute approximate surface area is 338 Å². The fraction of sp³-hybridized carbons (Fsp3) is 0.822. The Balaban J connectivity index is 4.23. The topological polar surface area (TPSA) is 108 Å². The summed E-state index contributed by atoms with van der Waals surface area (Å²) in [7, 11) is 1.47. The summed E-state index contributed by atoms with van der Waals surface area (Å²) >= 11 is 0. The number of rotatable bonds is 40. The molecule has 0 saturated heterocycles. The first kappa shape index (κ1) is 53.2. The highest BCUT2D eigenvalue weighted by Crippen LogP contribution is 2.43. The molecule has 0 aromatic heterocycles.